The van der Waals surface area contributed by atoms with Crippen molar-refractivity contribution in [2.75, 3.05) is 0 Å². The molecule has 0 saturated heterocycles. The second-order valence-corrected chi connectivity index (χ2v) is 4.29. The fourth-order valence-corrected chi connectivity index (χ4v) is 2.57. The predicted molar refractivity (Wildman–Crippen MR) is 58.2 cm³/mol. The monoisotopic (exact) mass is 227 g/mol. The molecule has 2 aromatic rings. The van der Waals surface area contributed by atoms with Gasteiger partial charge in [0.25, 0.3) is 5.69 Å². The van der Waals surface area contributed by atoms with E-state index >= 15 is 0 Å². The van der Waals surface area contributed by atoms with Crippen LogP contribution in [0.25, 0.3) is 10.1 Å². The Kier molecular flexibility index (Phi) is 2.17. The van der Waals surface area contributed by atoms with E-state index in [1.807, 2.05) is 12.3 Å². The first-order chi connectivity index (χ1) is 6.59. The van der Waals surface area contributed by atoms with Gasteiger partial charge in [0.15, 0.2) is 0 Å². The summed E-state index contributed by atoms with van der Waals surface area (Å²) in [6.45, 7) is 1.93. The third kappa shape index (κ3) is 1.36. The molecule has 0 amide bonds. The third-order valence-electron chi connectivity index (χ3n) is 2.03. The standard InChI is InChI=1S/C9H6ClNO2S/c1-5-4-14-9-3-7(10)8(11(12)13)2-6(5)9/h2-4H,1H3. The number of halogens is 1. The molecule has 0 saturated carbocycles. The van der Waals surface area contributed by atoms with Crippen molar-refractivity contribution in [2.45, 2.75) is 6.92 Å². The predicted octanol–water partition coefficient (Wildman–Crippen LogP) is 3.77. The van der Waals surface area contributed by atoms with E-state index in [0.29, 0.717) is 0 Å². The second kappa shape index (κ2) is 3.22. The van der Waals surface area contributed by atoms with Gasteiger partial charge in [0.2, 0.25) is 0 Å². The van der Waals surface area contributed by atoms with E-state index in [4.69, 9.17) is 11.6 Å². The Bertz CT molecular complexity index is 521. The molecule has 0 N–H and O–H groups in total. The summed E-state index contributed by atoms with van der Waals surface area (Å²) in [5, 5.41) is 13.7. The Morgan fingerprint density at radius 2 is 2.21 bits per heavy atom. The van der Waals surface area contributed by atoms with Crippen molar-refractivity contribution in [1.29, 1.82) is 0 Å². The maximum absolute atomic E-state index is 10.6. The minimum absolute atomic E-state index is 0.0272. The van der Waals surface area contributed by atoms with Crippen molar-refractivity contribution in [3.8, 4) is 0 Å². The Labute approximate surface area is 89.1 Å². The van der Waals surface area contributed by atoms with Gasteiger partial charge in [0.05, 0.1) is 4.92 Å². The highest BCUT2D eigenvalue weighted by Crippen LogP contribution is 2.34. The summed E-state index contributed by atoms with van der Waals surface area (Å²) in [4.78, 5) is 10.2. The molecule has 3 nitrogen and oxygen atoms in total. The summed E-state index contributed by atoms with van der Waals surface area (Å²) < 4.78 is 0.984. The van der Waals surface area contributed by atoms with Gasteiger partial charge in [-0.3, -0.25) is 10.1 Å². The van der Waals surface area contributed by atoms with Crippen LogP contribution in [-0.4, -0.2) is 4.92 Å². The first kappa shape index (κ1) is 9.43. The van der Waals surface area contributed by atoms with Gasteiger partial charge >= 0.3 is 0 Å². The lowest BCUT2D eigenvalue weighted by Crippen LogP contribution is -1.88. The molecule has 0 radical (unpaired) electrons. The van der Waals surface area contributed by atoms with Gasteiger partial charge < -0.3 is 0 Å². The summed E-state index contributed by atoms with van der Waals surface area (Å²) in [7, 11) is 0. The SMILES string of the molecule is Cc1csc2cc(Cl)c([N+](=O)[O-])cc12. The zero-order valence-corrected chi connectivity index (χ0v) is 8.85. The van der Waals surface area contributed by atoms with Crippen molar-refractivity contribution in [3.05, 3.63) is 38.2 Å². The first-order valence-electron chi connectivity index (χ1n) is 3.91. The van der Waals surface area contributed by atoms with E-state index in [2.05, 4.69) is 0 Å². The molecule has 0 fully saturated rings. The minimum atomic E-state index is -0.459. The number of nitrogens with zero attached hydrogens (tertiary/aromatic N) is 1. The van der Waals surface area contributed by atoms with Crippen molar-refractivity contribution in [3.63, 3.8) is 0 Å². The van der Waals surface area contributed by atoms with E-state index in [9.17, 15) is 10.1 Å². The summed E-state index contributed by atoms with van der Waals surface area (Å²) in [5.74, 6) is 0. The molecule has 72 valence electrons. The van der Waals surface area contributed by atoms with Crippen molar-refractivity contribution in [2.24, 2.45) is 0 Å². The summed E-state index contributed by atoms with van der Waals surface area (Å²) >= 11 is 7.31. The van der Waals surface area contributed by atoms with Crippen LogP contribution in [0.5, 0.6) is 0 Å². The smallest absolute Gasteiger partial charge is 0.258 e. The maximum Gasteiger partial charge on any atom is 0.288 e. The average Bonchev–Trinajstić information content (AvgIpc) is 2.46. The molecule has 2 rings (SSSR count). The molecule has 0 bridgehead atoms. The highest BCUT2D eigenvalue weighted by molar-refractivity contribution is 7.17. The number of thiophene rings is 1. The van der Waals surface area contributed by atoms with Gasteiger partial charge in [-0.05, 0) is 23.9 Å². The van der Waals surface area contributed by atoms with Crippen LogP contribution in [0.2, 0.25) is 5.02 Å². The third-order valence-corrected chi connectivity index (χ3v) is 3.40. The largest absolute Gasteiger partial charge is 0.288 e. The molecular weight excluding hydrogens is 222 g/mol. The number of nitro groups is 1. The summed E-state index contributed by atoms with van der Waals surface area (Å²) in [6.07, 6.45) is 0. The van der Waals surface area contributed by atoms with Gasteiger partial charge in [0.1, 0.15) is 5.02 Å². The molecule has 1 aromatic carbocycles. The van der Waals surface area contributed by atoms with Crippen LogP contribution in [0.15, 0.2) is 17.5 Å². The Hall–Kier alpha value is -1.13. The van der Waals surface area contributed by atoms with E-state index in [0.717, 1.165) is 15.6 Å². The minimum Gasteiger partial charge on any atom is -0.258 e. The Morgan fingerprint density at radius 1 is 1.50 bits per heavy atom. The van der Waals surface area contributed by atoms with Crippen LogP contribution < -0.4 is 0 Å². The van der Waals surface area contributed by atoms with Crippen molar-refractivity contribution >= 4 is 38.7 Å². The molecule has 0 spiro atoms. The zero-order chi connectivity index (χ0) is 10.3. The van der Waals surface area contributed by atoms with Crippen LogP contribution in [0.1, 0.15) is 5.56 Å². The highest BCUT2D eigenvalue weighted by atomic mass is 35.5. The quantitative estimate of drug-likeness (QED) is 0.550. The van der Waals surface area contributed by atoms with Gasteiger partial charge in [-0.2, -0.15) is 0 Å². The van der Waals surface area contributed by atoms with E-state index in [1.165, 1.54) is 6.07 Å². The average molecular weight is 228 g/mol. The van der Waals surface area contributed by atoms with Gasteiger partial charge in [-0.1, -0.05) is 11.6 Å². The molecule has 14 heavy (non-hydrogen) atoms. The number of aryl methyl sites for hydroxylation is 1. The van der Waals surface area contributed by atoms with E-state index in [-0.39, 0.29) is 10.7 Å². The van der Waals surface area contributed by atoms with Crippen LogP contribution in [-0.2, 0) is 0 Å². The first-order valence-corrected chi connectivity index (χ1v) is 5.17. The fraction of sp³-hybridized carbons (Fsp3) is 0.111. The van der Waals surface area contributed by atoms with Crippen LogP contribution in [0.4, 0.5) is 5.69 Å². The molecule has 0 aliphatic carbocycles. The lowest BCUT2D eigenvalue weighted by atomic mass is 10.2. The van der Waals surface area contributed by atoms with E-state index < -0.39 is 4.92 Å². The van der Waals surface area contributed by atoms with Crippen LogP contribution in [0.3, 0.4) is 0 Å². The Morgan fingerprint density at radius 3 is 2.86 bits per heavy atom. The van der Waals surface area contributed by atoms with E-state index in [1.54, 1.807) is 17.4 Å². The lowest BCUT2D eigenvalue weighted by molar-refractivity contribution is -0.384. The normalized spacial score (nSPS) is 10.7. The van der Waals surface area contributed by atoms with Crippen LogP contribution >= 0.6 is 22.9 Å². The lowest BCUT2D eigenvalue weighted by Gasteiger charge is -1.96. The molecule has 1 heterocycles. The van der Waals surface area contributed by atoms with Gasteiger partial charge in [-0.25, -0.2) is 0 Å². The molecule has 1 aromatic heterocycles. The van der Waals surface area contributed by atoms with Crippen molar-refractivity contribution in [1.82, 2.24) is 0 Å². The molecule has 5 heteroatoms. The molecule has 0 aliphatic heterocycles. The molecule has 0 aliphatic rings. The van der Waals surface area contributed by atoms with Crippen LogP contribution in [0, 0.1) is 17.0 Å². The summed E-state index contributed by atoms with van der Waals surface area (Å²) in [6, 6.07) is 3.18. The molecule has 0 atom stereocenters. The number of benzene rings is 1. The van der Waals surface area contributed by atoms with Gasteiger partial charge in [-0.15, -0.1) is 11.3 Å². The Balaban J connectivity index is 2.80. The topological polar surface area (TPSA) is 43.1 Å². The van der Waals surface area contributed by atoms with Gasteiger partial charge in [0, 0.05) is 16.2 Å². The number of hydrogen-bond donors (Lipinski definition) is 0. The highest BCUT2D eigenvalue weighted by Gasteiger charge is 2.14. The zero-order valence-electron chi connectivity index (χ0n) is 7.28. The second-order valence-electron chi connectivity index (χ2n) is 2.98. The molecule has 0 unspecified atom stereocenters. The molecular formula is C9H6ClNO2S. The number of rotatable bonds is 1. The maximum atomic E-state index is 10.6. The fourth-order valence-electron chi connectivity index (χ4n) is 1.30. The number of nitro benzene ring substituents is 1. The number of hydrogen-bond acceptors (Lipinski definition) is 3. The summed E-state index contributed by atoms with van der Waals surface area (Å²) in [5.41, 5.74) is 1.02. The van der Waals surface area contributed by atoms with Crippen molar-refractivity contribution < 1.29 is 4.92 Å². The number of fused-ring (bicyclic) bond motifs is 1.